The Labute approximate surface area is 167 Å². The van der Waals surface area contributed by atoms with E-state index in [-0.39, 0.29) is 30.2 Å². The summed E-state index contributed by atoms with van der Waals surface area (Å²) in [4.78, 5) is 12.7. The van der Waals surface area contributed by atoms with Crippen molar-refractivity contribution >= 4 is 18.3 Å². The number of aromatic nitrogens is 2. The molecule has 27 heavy (non-hydrogen) atoms. The molecule has 0 radical (unpaired) electrons. The van der Waals surface area contributed by atoms with E-state index >= 15 is 0 Å². The number of hydrogen-bond acceptors (Lipinski definition) is 4. The van der Waals surface area contributed by atoms with E-state index in [4.69, 9.17) is 4.74 Å². The van der Waals surface area contributed by atoms with E-state index in [0.29, 0.717) is 25.6 Å². The van der Waals surface area contributed by atoms with Crippen LogP contribution < -0.4 is 15.4 Å². The highest BCUT2D eigenvalue weighted by Crippen LogP contribution is 2.28. The van der Waals surface area contributed by atoms with Gasteiger partial charge in [0.05, 0.1) is 18.7 Å². The molecule has 1 saturated heterocycles. The average Bonchev–Trinajstić information content (AvgIpc) is 3.27. The van der Waals surface area contributed by atoms with Gasteiger partial charge >= 0.3 is 0 Å². The van der Waals surface area contributed by atoms with Crippen molar-refractivity contribution in [1.29, 1.82) is 0 Å². The van der Waals surface area contributed by atoms with Crippen molar-refractivity contribution in [3.8, 4) is 5.75 Å². The first-order chi connectivity index (χ1) is 12.5. The fourth-order valence-corrected chi connectivity index (χ4v) is 3.26. The summed E-state index contributed by atoms with van der Waals surface area (Å²) in [7, 11) is 1.90. The smallest absolute Gasteiger partial charge is 0.225 e. The highest BCUT2D eigenvalue weighted by Gasteiger charge is 2.34. The molecule has 2 aromatic rings. The van der Waals surface area contributed by atoms with Crippen LogP contribution in [0.2, 0.25) is 0 Å². The predicted octanol–water partition coefficient (Wildman–Crippen LogP) is 2.50. The normalized spacial score (nSPS) is 19.0. The lowest BCUT2D eigenvalue weighted by Gasteiger charge is -2.17. The van der Waals surface area contributed by atoms with Gasteiger partial charge in [-0.3, -0.25) is 9.48 Å². The van der Waals surface area contributed by atoms with Gasteiger partial charge in [-0.25, -0.2) is 0 Å². The van der Waals surface area contributed by atoms with Gasteiger partial charge in [-0.2, -0.15) is 5.10 Å². The minimum Gasteiger partial charge on any atom is -0.493 e. The molecule has 2 N–H and O–H groups in total. The molecule has 0 spiro atoms. The molecular weight excluding hydrogens is 364 g/mol. The summed E-state index contributed by atoms with van der Waals surface area (Å²) in [6.07, 6.45) is 3.85. The third-order valence-electron chi connectivity index (χ3n) is 4.65. The molecule has 1 aromatic carbocycles. The zero-order valence-corrected chi connectivity index (χ0v) is 17.0. The highest BCUT2D eigenvalue weighted by atomic mass is 35.5. The molecule has 1 aliphatic rings. The number of amides is 1. The maximum absolute atomic E-state index is 12.7. The van der Waals surface area contributed by atoms with Crippen molar-refractivity contribution in [3.05, 3.63) is 47.8 Å². The Morgan fingerprint density at radius 2 is 2.22 bits per heavy atom. The van der Waals surface area contributed by atoms with E-state index < -0.39 is 0 Å². The van der Waals surface area contributed by atoms with E-state index in [0.717, 1.165) is 23.4 Å². The molecular formula is C20H29ClN4O2. The lowest BCUT2D eigenvalue weighted by molar-refractivity contribution is -0.125. The molecule has 148 valence electrons. The minimum absolute atomic E-state index is 0. The van der Waals surface area contributed by atoms with E-state index in [1.165, 1.54) is 0 Å². The van der Waals surface area contributed by atoms with E-state index in [9.17, 15) is 4.79 Å². The van der Waals surface area contributed by atoms with Crippen LogP contribution in [0.25, 0.3) is 0 Å². The van der Waals surface area contributed by atoms with Gasteiger partial charge in [-0.05, 0) is 29.2 Å². The molecule has 6 nitrogen and oxygen atoms in total. The number of hydrogen-bond donors (Lipinski definition) is 2. The lowest BCUT2D eigenvalue weighted by Crippen LogP contribution is -2.33. The summed E-state index contributed by atoms with van der Waals surface area (Å²) >= 11 is 0. The molecule has 0 unspecified atom stereocenters. The standard InChI is InChI=1S/C20H28N4O2.ClH/c1-14(2)13-26-17-6-4-5-15(7-17)8-22-20(25)19-11-21-10-18(19)16-9-23-24(3)12-16;/h4-7,9,12,14,18-19,21H,8,10-11,13H2,1-3H3,(H,22,25);1H/t18-,19+;/m1./s1. The molecule has 2 heterocycles. The largest absolute Gasteiger partial charge is 0.493 e. The van der Waals surface area contributed by atoms with E-state index in [2.05, 4.69) is 29.6 Å². The number of carbonyl (C=O) groups excluding carboxylic acids is 1. The van der Waals surface area contributed by atoms with Crippen LogP contribution in [0.5, 0.6) is 5.75 Å². The molecule has 3 rings (SSSR count). The van der Waals surface area contributed by atoms with Gasteiger partial charge in [0.15, 0.2) is 0 Å². The summed E-state index contributed by atoms with van der Waals surface area (Å²) in [6, 6.07) is 7.92. The monoisotopic (exact) mass is 392 g/mol. The van der Waals surface area contributed by atoms with Gasteiger partial charge in [0, 0.05) is 38.8 Å². The fourth-order valence-electron chi connectivity index (χ4n) is 3.26. The molecule has 1 amide bonds. The zero-order valence-electron chi connectivity index (χ0n) is 16.1. The van der Waals surface area contributed by atoms with Crippen LogP contribution in [0.3, 0.4) is 0 Å². The van der Waals surface area contributed by atoms with Crippen LogP contribution >= 0.6 is 12.4 Å². The fraction of sp³-hybridized carbons (Fsp3) is 0.500. The topological polar surface area (TPSA) is 68.2 Å². The van der Waals surface area contributed by atoms with Crippen molar-refractivity contribution in [2.24, 2.45) is 18.9 Å². The Balaban J connectivity index is 0.00000261. The van der Waals surface area contributed by atoms with Crippen LogP contribution in [0.4, 0.5) is 0 Å². The van der Waals surface area contributed by atoms with Gasteiger partial charge < -0.3 is 15.4 Å². The summed E-state index contributed by atoms with van der Waals surface area (Å²) in [5.41, 5.74) is 2.16. The lowest BCUT2D eigenvalue weighted by atomic mass is 9.90. The van der Waals surface area contributed by atoms with Crippen LogP contribution in [-0.4, -0.2) is 35.4 Å². The quantitative estimate of drug-likeness (QED) is 0.759. The summed E-state index contributed by atoms with van der Waals surface area (Å²) in [5.74, 6) is 1.51. The van der Waals surface area contributed by atoms with Gasteiger partial charge in [0.25, 0.3) is 0 Å². The molecule has 0 aliphatic carbocycles. The first-order valence-corrected chi connectivity index (χ1v) is 9.21. The van der Waals surface area contributed by atoms with Gasteiger partial charge in [-0.1, -0.05) is 26.0 Å². The molecule has 1 aromatic heterocycles. The number of benzene rings is 1. The summed E-state index contributed by atoms with van der Waals surface area (Å²) in [5, 5.41) is 10.6. The van der Waals surface area contributed by atoms with Crippen molar-refractivity contribution < 1.29 is 9.53 Å². The highest BCUT2D eigenvalue weighted by molar-refractivity contribution is 5.85. The average molecular weight is 393 g/mol. The predicted molar refractivity (Wildman–Crippen MR) is 108 cm³/mol. The number of nitrogens with zero attached hydrogens (tertiary/aromatic N) is 2. The second-order valence-corrected chi connectivity index (χ2v) is 7.39. The number of aryl methyl sites for hydroxylation is 1. The maximum Gasteiger partial charge on any atom is 0.225 e. The molecule has 2 atom stereocenters. The minimum atomic E-state index is -0.0698. The SMILES string of the molecule is CC(C)COc1cccc(CNC(=O)[C@H]2CNC[C@@H]2c2cnn(C)c2)c1.Cl. The van der Waals surface area contributed by atoms with Gasteiger partial charge in [0.2, 0.25) is 5.91 Å². The van der Waals surface area contributed by atoms with E-state index in [1.54, 1.807) is 4.68 Å². The number of ether oxygens (including phenoxy) is 1. The third kappa shape index (κ3) is 5.71. The summed E-state index contributed by atoms with van der Waals surface area (Å²) < 4.78 is 7.54. The second-order valence-electron chi connectivity index (χ2n) is 7.39. The Kier molecular flexibility index (Phi) is 7.68. The maximum atomic E-state index is 12.7. The van der Waals surface area contributed by atoms with Crippen molar-refractivity contribution in [1.82, 2.24) is 20.4 Å². The Bertz CT molecular complexity index is 747. The van der Waals surface area contributed by atoms with Gasteiger partial charge in [0.1, 0.15) is 5.75 Å². The van der Waals surface area contributed by atoms with Crippen molar-refractivity contribution in [2.75, 3.05) is 19.7 Å². The molecule has 1 fully saturated rings. The number of nitrogens with one attached hydrogen (secondary N) is 2. The van der Waals surface area contributed by atoms with Crippen molar-refractivity contribution in [3.63, 3.8) is 0 Å². The van der Waals surface area contributed by atoms with Crippen LogP contribution in [0.15, 0.2) is 36.7 Å². The Hall–Kier alpha value is -2.05. The third-order valence-corrected chi connectivity index (χ3v) is 4.65. The first-order valence-electron chi connectivity index (χ1n) is 9.21. The van der Waals surface area contributed by atoms with Crippen LogP contribution in [0.1, 0.15) is 30.9 Å². The summed E-state index contributed by atoms with van der Waals surface area (Å²) in [6.45, 7) is 6.95. The number of carbonyl (C=O) groups is 1. The molecule has 0 bridgehead atoms. The number of rotatable bonds is 7. The first kappa shape index (κ1) is 21.3. The van der Waals surface area contributed by atoms with Gasteiger partial charge in [-0.15, -0.1) is 12.4 Å². The zero-order chi connectivity index (χ0) is 18.5. The number of halogens is 1. The van der Waals surface area contributed by atoms with Crippen LogP contribution in [0, 0.1) is 11.8 Å². The molecule has 0 saturated carbocycles. The van der Waals surface area contributed by atoms with Crippen LogP contribution in [-0.2, 0) is 18.4 Å². The Morgan fingerprint density at radius 1 is 1.41 bits per heavy atom. The second kappa shape index (κ2) is 9.76. The Morgan fingerprint density at radius 3 is 2.93 bits per heavy atom. The molecule has 1 aliphatic heterocycles. The van der Waals surface area contributed by atoms with Crippen molar-refractivity contribution in [2.45, 2.75) is 26.3 Å². The molecule has 7 heteroatoms. The van der Waals surface area contributed by atoms with E-state index in [1.807, 2.05) is 43.7 Å².